The molecule has 0 spiro atoms. The van der Waals surface area contributed by atoms with Gasteiger partial charge in [0.2, 0.25) is 17.7 Å². The van der Waals surface area contributed by atoms with Crippen molar-refractivity contribution in [2.45, 2.75) is 101 Å². The van der Waals surface area contributed by atoms with Gasteiger partial charge in [-0.05, 0) is 120 Å². The second kappa shape index (κ2) is 20.2. The molecule has 3 amide bonds. The summed E-state index contributed by atoms with van der Waals surface area (Å²) >= 11 is 0. The van der Waals surface area contributed by atoms with Crippen molar-refractivity contribution in [2.24, 2.45) is 5.92 Å². The number of phenols is 3. The summed E-state index contributed by atoms with van der Waals surface area (Å²) in [5.41, 5.74) is 0.00949. The maximum Gasteiger partial charge on any atom is 0.239 e. The van der Waals surface area contributed by atoms with Gasteiger partial charge in [0, 0.05) is 0 Å². The predicted molar refractivity (Wildman–Crippen MR) is 257 cm³/mol. The number of phenolic OH excluding ortho intramolecular Hbond substituents is 3. The van der Waals surface area contributed by atoms with Gasteiger partial charge in [0.15, 0.2) is 34.9 Å². The fourth-order valence-corrected chi connectivity index (χ4v) is 11.1. The van der Waals surface area contributed by atoms with Gasteiger partial charge in [0.25, 0.3) is 0 Å². The largest absolute Gasteiger partial charge is 0.508 e. The minimum atomic E-state index is -1.06. The molecule has 1 aliphatic carbocycles. The van der Waals surface area contributed by atoms with Crippen LogP contribution in [-0.2, 0) is 30.6 Å². The lowest BCUT2D eigenvalue weighted by atomic mass is 9.62. The zero-order valence-corrected chi connectivity index (χ0v) is 39.1. The van der Waals surface area contributed by atoms with Crippen LogP contribution in [0.2, 0.25) is 0 Å². The van der Waals surface area contributed by atoms with E-state index >= 15 is 0 Å². The summed E-state index contributed by atoms with van der Waals surface area (Å²) < 4.78 is 83.2. The molecule has 4 aliphatic rings. The monoisotopic (exact) mass is 977 g/mol. The first-order valence-electron chi connectivity index (χ1n) is 23.8. The summed E-state index contributed by atoms with van der Waals surface area (Å²) in [4.78, 5) is 38.6. The van der Waals surface area contributed by atoms with Crippen LogP contribution in [-0.4, -0.2) is 33.0 Å². The third kappa shape index (κ3) is 8.62. The van der Waals surface area contributed by atoms with Crippen molar-refractivity contribution in [2.75, 3.05) is 16.0 Å². The number of benzene rings is 6. The van der Waals surface area contributed by atoms with Crippen molar-refractivity contribution >= 4 is 34.8 Å². The topological polar surface area (TPSA) is 148 Å². The van der Waals surface area contributed by atoms with E-state index in [1.54, 1.807) is 36.4 Å². The lowest BCUT2D eigenvalue weighted by Gasteiger charge is -2.39. The van der Waals surface area contributed by atoms with Crippen molar-refractivity contribution in [3.63, 3.8) is 0 Å². The molecule has 9 nitrogen and oxygen atoms in total. The standard InChI is InChI=1S/C20H19F2NO2.C19H19F2NO2.C17H15F2NO2/c21-16-11-10-15-18(17(16)22)23-19(25)20(15,12-4-2-1-3-5-12)13-6-8-14(24)9-7-13;1-2-3-4-11-19(12-5-7-13(23)8-6-12)14-9-10-15(20)16(21)17(14)22-18(19)24;1-2-9-17(10-3-5-11(21)6-4-10)12-7-8-13(18)14(19)15(12)20-16(17)22/h6-12,24H,1-5H2,(H,23,25);5-10,23H,2-4,11H2,1H3,(H,22,24);3-8,21H,2,9H2,1H3,(H,20,22). The Morgan fingerprint density at radius 1 is 0.451 bits per heavy atom. The molecule has 1 saturated carbocycles. The van der Waals surface area contributed by atoms with Gasteiger partial charge in [-0.1, -0.05) is 113 Å². The number of hydrogen-bond donors (Lipinski definition) is 6. The van der Waals surface area contributed by atoms with Crippen molar-refractivity contribution < 1.29 is 56.0 Å². The van der Waals surface area contributed by atoms with Crippen LogP contribution in [0.15, 0.2) is 109 Å². The first kappa shape index (κ1) is 50.1. The predicted octanol–water partition coefficient (Wildman–Crippen LogP) is 12.7. The highest BCUT2D eigenvalue weighted by Crippen LogP contribution is 2.54. The number of fused-ring (bicyclic) bond motifs is 3. The number of halogens is 6. The molecule has 6 N–H and O–H groups in total. The van der Waals surface area contributed by atoms with E-state index in [1.807, 2.05) is 6.92 Å². The SMILES string of the molecule is CCCC1(c2ccc(O)cc2)C(=O)Nc2c1ccc(F)c2F.CCCCCC1(c2ccc(O)cc2)C(=O)Nc2c1ccc(F)c2F.O=C1Nc2c(ccc(F)c2F)C1(c1ccc(O)cc1)C1CCCCC1. The van der Waals surface area contributed by atoms with Crippen molar-refractivity contribution in [1.82, 2.24) is 0 Å². The van der Waals surface area contributed by atoms with E-state index in [-0.39, 0.29) is 58.0 Å². The van der Waals surface area contributed by atoms with Crippen LogP contribution < -0.4 is 16.0 Å². The number of aromatic hydroxyl groups is 3. The molecule has 6 aromatic rings. The van der Waals surface area contributed by atoms with Crippen LogP contribution in [0.3, 0.4) is 0 Å². The quantitative estimate of drug-likeness (QED) is 0.0595. The Morgan fingerprint density at radius 2 is 0.831 bits per heavy atom. The Hall–Kier alpha value is -7.29. The Labute approximate surface area is 407 Å². The molecule has 370 valence electrons. The molecule has 0 saturated heterocycles. The number of carbonyl (C=O) groups excluding carboxylic acids is 3. The number of anilines is 3. The fraction of sp³-hybridized carbons (Fsp3) is 0.304. The molecule has 3 unspecified atom stereocenters. The van der Waals surface area contributed by atoms with Crippen LogP contribution >= 0.6 is 0 Å². The summed E-state index contributed by atoms with van der Waals surface area (Å²) in [6.45, 7) is 3.98. The lowest BCUT2D eigenvalue weighted by Crippen LogP contribution is -2.43. The van der Waals surface area contributed by atoms with Crippen LogP contribution in [0.5, 0.6) is 17.2 Å². The van der Waals surface area contributed by atoms with Gasteiger partial charge in [0.1, 0.15) is 33.5 Å². The molecule has 15 heteroatoms. The first-order chi connectivity index (χ1) is 34.1. The normalized spacial score (nSPS) is 20.9. The lowest BCUT2D eigenvalue weighted by molar-refractivity contribution is -0.122. The minimum Gasteiger partial charge on any atom is -0.508 e. The molecule has 0 bridgehead atoms. The van der Waals surface area contributed by atoms with E-state index in [4.69, 9.17) is 0 Å². The second-order valence-electron chi connectivity index (χ2n) is 18.5. The van der Waals surface area contributed by atoms with E-state index in [2.05, 4.69) is 22.9 Å². The van der Waals surface area contributed by atoms with Crippen molar-refractivity contribution in [3.05, 3.63) is 177 Å². The van der Waals surface area contributed by atoms with Gasteiger partial charge in [-0.15, -0.1) is 0 Å². The van der Waals surface area contributed by atoms with Crippen molar-refractivity contribution in [3.8, 4) is 17.2 Å². The summed E-state index contributed by atoms with van der Waals surface area (Å²) in [5.74, 6) is -6.78. The van der Waals surface area contributed by atoms with Gasteiger partial charge >= 0.3 is 0 Å². The molecule has 3 heterocycles. The van der Waals surface area contributed by atoms with E-state index in [1.165, 1.54) is 54.6 Å². The third-order valence-electron chi connectivity index (χ3n) is 14.5. The number of hydrogen-bond acceptors (Lipinski definition) is 6. The second-order valence-corrected chi connectivity index (χ2v) is 18.5. The Balaban J connectivity index is 0.000000143. The van der Waals surface area contributed by atoms with Gasteiger partial charge < -0.3 is 31.3 Å². The fourth-order valence-electron chi connectivity index (χ4n) is 11.1. The van der Waals surface area contributed by atoms with Gasteiger partial charge in [-0.25, -0.2) is 26.3 Å². The highest BCUT2D eigenvalue weighted by Gasteiger charge is 2.55. The highest BCUT2D eigenvalue weighted by atomic mass is 19.2. The molecule has 6 aromatic carbocycles. The van der Waals surface area contributed by atoms with Gasteiger partial charge in [-0.3, -0.25) is 14.4 Å². The number of nitrogens with one attached hydrogen (secondary N) is 3. The summed E-state index contributed by atoms with van der Waals surface area (Å²) in [6.07, 6.45) is 9.19. The number of amides is 3. The van der Waals surface area contributed by atoms with Crippen LogP contribution in [0.4, 0.5) is 43.4 Å². The number of rotatable bonds is 10. The van der Waals surface area contributed by atoms with Gasteiger partial charge in [-0.2, -0.15) is 0 Å². The Bertz CT molecular complexity index is 2980. The molecule has 71 heavy (non-hydrogen) atoms. The summed E-state index contributed by atoms with van der Waals surface area (Å²) in [6, 6.07) is 26.7. The van der Waals surface area contributed by atoms with E-state index in [9.17, 15) is 56.0 Å². The summed E-state index contributed by atoms with van der Waals surface area (Å²) in [7, 11) is 0. The molecule has 3 aliphatic heterocycles. The van der Waals surface area contributed by atoms with Gasteiger partial charge in [0.05, 0.1) is 17.1 Å². The zero-order valence-electron chi connectivity index (χ0n) is 39.1. The summed E-state index contributed by atoms with van der Waals surface area (Å²) in [5, 5.41) is 36.2. The van der Waals surface area contributed by atoms with E-state index in [0.29, 0.717) is 52.6 Å². The van der Waals surface area contributed by atoms with Crippen molar-refractivity contribution in [1.29, 1.82) is 0 Å². The smallest absolute Gasteiger partial charge is 0.239 e. The molecule has 3 atom stereocenters. The number of unbranched alkanes of at least 4 members (excludes halogenated alkanes) is 2. The first-order valence-corrected chi connectivity index (χ1v) is 23.8. The van der Waals surface area contributed by atoms with Crippen LogP contribution in [0, 0.1) is 40.8 Å². The average molecular weight is 978 g/mol. The maximum atomic E-state index is 14.3. The highest BCUT2D eigenvalue weighted by molar-refractivity contribution is 6.10. The van der Waals surface area contributed by atoms with Crippen LogP contribution in [0.1, 0.15) is 118 Å². The molecule has 10 rings (SSSR count). The average Bonchev–Trinajstić information content (AvgIpc) is 3.95. The van der Waals surface area contributed by atoms with E-state index < -0.39 is 51.1 Å². The molecular weight excluding hydrogens is 925 g/mol. The Kier molecular flexibility index (Phi) is 14.3. The molecule has 0 radical (unpaired) electrons. The molecule has 0 aromatic heterocycles. The maximum absolute atomic E-state index is 14.3. The van der Waals surface area contributed by atoms with E-state index in [0.717, 1.165) is 69.6 Å². The Morgan fingerprint density at radius 3 is 1.25 bits per heavy atom. The minimum absolute atomic E-state index is 0.0110. The zero-order chi connectivity index (χ0) is 50.8. The molecular formula is C56H53F6N3O6. The third-order valence-corrected chi connectivity index (χ3v) is 14.5. The number of carbonyl (C=O) groups is 3. The van der Waals surface area contributed by atoms with Crippen LogP contribution in [0.25, 0.3) is 0 Å². The molecule has 1 fully saturated rings.